The molecule has 118 valence electrons. The van der Waals surface area contributed by atoms with Crippen LogP contribution in [-0.2, 0) is 6.42 Å². The van der Waals surface area contributed by atoms with Gasteiger partial charge in [-0.25, -0.2) is 0 Å². The van der Waals surface area contributed by atoms with Gasteiger partial charge in [0, 0.05) is 18.7 Å². The van der Waals surface area contributed by atoms with Crippen molar-refractivity contribution < 1.29 is 0 Å². The summed E-state index contributed by atoms with van der Waals surface area (Å²) >= 11 is 0. The number of hydrogen-bond donors (Lipinski definition) is 1. The quantitative estimate of drug-likeness (QED) is 0.889. The first-order valence-corrected chi connectivity index (χ1v) is 8.97. The fraction of sp³-hybridized carbons (Fsp3) is 0.833. The Hall–Kier alpha value is -0.830. The molecule has 3 atom stereocenters. The standard InChI is InChI=1S/C18H31N3/c1-14-6-5-7-15(12-14)18(19-2)13-16-10-11-21(20-16)17-8-3-4-9-17/h10-11,14-15,17-19H,3-9,12-13H2,1-2H3. The molecule has 0 bridgehead atoms. The van der Waals surface area contributed by atoms with Crippen molar-refractivity contribution in [1.82, 2.24) is 15.1 Å². The zero-order chi connectivity index (χ0) is 14.7. The molecule has 0 aromatic carbocycles. The van der Waals surface area contributed by atoms with Crippen molar-refractivity contribution in [2.75, 3.05) is 7.05 Å². The highest BCUT2D eigenvalue weighted by molar-refractivity contribution is 5.04. The average molecular weight is 289 g/mol. The number of nitrogens with zero attached hydrogens (tertiary/aromatic N) is 2. The monoisotopic (exact) mass is 289 g/mol. The second kappa shape index (κ2) is 6.95. The van der Waals surface area contributed by atoms with Gasteiger partial charge < -0.3 is 5.32 Å². The topological polar surface area (TPSA) is 29.9 Å². The maximum Gasteiger partial charge on any atom is 0.0640 e. The van der Waals surface area contributed by atoms with Gasteiger partial charge in [0.2, 0.25) is 0 Å². The molecule has 0 amide bonds. The van der Waals surface area contributed by atoms with Crippen LogP contribution in [-0.4, -0.2) is 22.9 Å². The Balaban J connectivity index is 1.60. The third kappa shape index (κ3) is 3.68. The molecule has 0 spiro atoms. The van der Waals surface area contributed by atoms with Crippen LogP contribution in [0, 0.1) is 11.8 Å². The van der Waals surface area contributed by atoms with Crippen LogP contribution in [0.1, 0.15) is 70.0 Å². The molecule has 21 heavy (non-hydrogen) atoms. The van der Waals surface area contributed by atoms with E-state index in [1.165, 1.54) is 57.1 Å². The highest BCUT2D eigenvalue weighted by Crippen LogP contribution is 2.32. The molecule has 2 aliphatic rings. The fourth-order valence-electron chi connectivity index (χ4n) is 4.43. The largest absolute Gasteiger partial charge is 0.316 e. The summed E-state index contributed by atoms with van der Waals surface area (Å²) in [6, 6.07) is 3.51. The smallest absolute Gasteiger partial charge is 0.0640 e. The van der Waals surface area contributed by atoms with Crippen LogP contribution in [0.15, 0.2) is 12.3 Å². The summed E-state index contributed by atoms with van der Waals surface area (Å²) in [4.78, 5) is 0. The lowest BCUT2D eigenvalue weighted by Gasteiger charge is -2.33. The molecule has 3 nitrogen and oxygen atoms in total. The van der Waals surface area contributed by atoms with Crippen LogP contribution >= 0.6 is 0 Å². The Morgan fingerprint density at radius 1 is 1.24 bits per heavy atom. The predicted octanol–water partition coefficient (Wildman–Crippen LogP) is 3.96. The van der Waals surface area contributed by atoms with Crippen molar-refractivity contribution in [2.45, 2.75) is 76.8 Å². The van der Waals surface area contributed by atoms with Crippen LogP contribution in [0.2, 0.25) is 0 Å². The lowest BCUT2D eigenvalue weighted by Crippen LogP contribution is -2.38. The summed E-state index contributed by atoms with van der Waals surface area (Å²) in [5, 5.41) is 8.44. The van der Waals surface area contributed by atoms with Gasteiger partial charge in [0.25, 0.3) is 0 Å². The van der Waals surface area contributed by atoms with Crippen LogP contribution in [0.5, 0.6) is 0 Å². The first-order valence-electron chi connectivity index (χ1n) is 8.97. The third-order valence-corrected chi connectivity index (χ3v) is 5.71. The molecule has 0 aliphatic heterocycles. The van der Waals surface area contributed by atoms with Crippen molar-refractivity contribution in [3.05, 3.63) is 18.0 Å². The average Bonchev–Trinajstić information content (AvgIpc) is 3.15. The minimum Gasteiger partial charge on any atom is -0.316 e. The predicted molar refractivity (Wildman–Crippen MR) is 87.4 cm³/mol. The molecule has 3 rings (SSSR count). The van der Waals surface area contributed by atoms with Crippen LogP contribution < -0.4 is 5.32 Å². The van der Waals surface area contributed by atoms with E-state index in [1.807, 2.05) is 0 Å². The van der Waals surface area contributed by atoms with Gasteiger partial charge in [-0.1, -0.05) is 32.6 Å². The zero-order valence-electron chi connectivity index (χ0n) is 13.7. The zero-order valence-corrected chi connectivity index (χ0v) is 13.7. The van der Waals surface area contributed by atoms with Crippen molar-refractivity contribution >= 4 is 0 Å². The Bertz CT molecular complexity index is 433. The van der Waals surface area contributed by atoms with Gasteiger partial charge in [-0.15, -0.1) is 0 Å². The van der Waals surface area contributed by atoms with E-state index in [9.17, 15) is 0 Å². The van der Waals surface area contributed by atoms with Gasteiger partial charge in [0.15, 0.2) is 0 Å². The lowest BCUT2D eigenvalue weighted by atomic mass is 9.77. The molecule has 1 aromatic heterocycles. The Kier molecular flexibility index (Phi) is 4.99. The second-order valence-electron chi connectivity index (χ2n) is 7.36. The summed E-state index contributed by atoms with van der Waals surface area (Å²) in [5.41, 5.74) is 1.28. The summed E-state index contributed by atoms with van der Waals surface area (Å²) in [6.07, 6.45) is 14.3. The van der Waals surface area contributed by atoms with Crippen molar-refractivity contribution in [2.24, 2.45) is 11.8 Å². The molecule has 2 saturated carbocycles. The van der Waals surface area contributed by atoms with Crippen LogP contribution in [0.3, 0.4) is 0 Å². The van der Waals surface area contributed by atoms with Crippen molar-refractivity contribution in [3.8, 4) is 0 Å². The van der Waals surface area contributed by atoms with E-state index >= 15 is 0 Å². The van der Waals surface area contributed by atoms with Crippen LogP contribution in [0.25, 0.3) is 0 Å². The van der Waals surface area contributed by atoms with Gasteiger partial charge in [-0.05, 0) is 50.6 Å². The molecule has 0 saturated heterocycles. The Morgan fingerprint density at radius 2 is 2.05 bits per heavy atom. The molecule has 1 aromatic rings. The van der Waals surface area contributed by atoms with Crippen molar-refractivity contribution in [3.63, 3.8) is 0 Å². The van der Waals surface area contributed by atoms with E-state index in [2.05, 4.69) is 36.2 Å². The number of hydrogen-bond acceptors (Lipinski definition) is 2. The first-order chi connectivity index (χ1) is 10.3. The Labute approximate surface area is 129 Å². The van der Waals surface area contributed by atoms with E-state index in [0.717, 1.165) is 18.3 Å². The maximum atomic E-state index is 4.87. The van der Waals surface area contributed by atoms with E-state index in [-0.39, 0.29) is 0 Å². The molecule has 0 radical (unpaired) electrons. The minimum atomic E-state index is 0.597. The Morgan fingerprint density at radius 3 is 2.76 bits per heavy atom. The first kappa shape index (κ1) is 15.1. The van der Waals surface area contributed by atoms with Gasteiger partial charge in [-0.3, -0.25) is 4.68 Å². The van der Waals surface area contributed by atoms with E-state index in [0.29, 0.717) is 12.1 Å². The van der Waals surface area contributed by atoms with Gasteiger partial charge in [0.05, 0.1) is 11.7 Å². The normalized spacial score (nSPS) is 28.9. The molecule has 1 N–H and O–H groups in total. The summed E-state index contributed by atoms with van der Waals surface area (Å²) in [6.45, 7) is 2.41. The second-order valence-corrected chi connectivity index (χ2v) is 7.36. The van der Waals surface area contributed by atoms with Gasteiger partial charge >= 0.3 is 0 Å². The number of likely N-dealkylation sites (N-methyl/N-ethyl adjacent to an activating group) is 1. The molecule has 3 heteroatoms. The minimum absolute atomic E-state index is 0.597. The van der Waals surface area contributed by atoms with Crippen LogP contribution in [0.4, 0.5) is 0 Å². The highest BCUT2D eigenvalue weighted by atomic mass is 15.3. The number of aromatic nitrogens is 2. The van der Waals surface area contributed by atoms with Gasteiger partial charge in [0.1, 0.15) is 0 Å². The summed E-state index contributed by atoms with van der Waals surface area (Å²) in [5.74, 6) is 1.73. The molecule has 1 heterocycles. The molecule has 2 aliphatic carbocycles. The molecule has 2 fully saturated rings. The fourth-order valence-corrected chi connectivity index (χ4v) is 4.43. The summed E-state index contributed by atoms with van der Waals surface area (Å²) in [7, 11) is 2.12. The van der Waals surface area contributed by atoms with E-state index in [1.54, 1.807) is 0 Å². The number of rotatable bonds is 5. The summed E-state index contributed by atoms with van der Waals surface area (Å²) < 4.78 is 2.23. The maximum absolute atomic E-state index is 4.87. The SMILES string of the molecule is CNC(Cc1ccn(C2CCCC2)n1)C1CCCC(C)C1. The highest BCUT2D eigenvalue weighted by Gasteiger charge is 2.26. The van der Waals surface area contributed by atoms with Gasteiger partial charge in [-0.2, -0.15) is 5.10 Å². The number of nitrogens with one attached hydrogen (secondary N) is 1. The third-order valence-electron chi connectivity index (χ3n) is 5.71. The van der Waals surface area contributed by atoms with Crippen molar-refractivity contribution in [1.29, 1.82) is 0 Å². The molecular weight excluding hydrogens is 258 g/mol. The van der Waals surface area contributed by atoms with E-state index in [4.69, 9.17) is 5.10 Å². The lowest BCUT2D eigenvalue weighted by molar-refractivity contribution is 0.226. The molecular formula is C18H31N3. The molecule has 3 unspecified atom stereocenters. The van der Waals surface area contributed by atoms with E-state index < -0.39 is 0 Å².